The van der Waals surface area contributed by atoms with Gasteiger partial charge in [0.15, 0.2) is 0 Å². The summed E-state index contributed by atoms with van der Waals surface area (Å²) in [5, 5.41) is 36.3. The average molecular weight is 203 g/mol. The van der Waals surface area contributed by atoms with Crippen molar-refractivity contribution in [1.82, 2.24) is 0 Å². The molecule has 0 unspecified atom stereocenters. The minimum absolute atomic E-state index is 0.0136. The molecule has 80 valence electrons. The molecule has 14 heavy (non-hydrogen) atoms. The van der Waals surface area contributed by atoms with Crippen LogP contribution in [0, 0.1) is 0 Å². The fourth-order valence-corrected chi connectivity index (χ4v) is 1.07. The maximum atomic E-state index is 9.46. The zero-order valence-corrected chi connectivity index (χ0v) is 7.35. The van der Waals surface area contributed by atoms with Crippen molar-refractivity contribution in [3.05, 3.63) is 0 Å². The molecule has 1 rings (SSSR count). The number of rotatable bonds is 4. The lowest BCUT2D eigenvalue weighted by Gasteiger charge is -2.22. The molecule has 1 aliphatic rings. The molecule has 0 bridgehead atoms. The molecule has 0 aromatic carbocycles. The monoisotopic (exact) mass is 203 g/mol. The fraction of sp³-hybridized carbons (Fsp3) is 0.714. The van der Waals surface area contributed by atoms with Gasteiger partial charge in [0.25, 0.3) is 0 Å². The van der Waals surface area contributed by atoms with E-state index in [0.717, 1.165) is 0 Å². The van der Waals surface area contributed by atoms with Crippen LogP contribution in [0.4, 0.5) is 0 Å². The van der Waals surface area contributed by atoms with E-state index in [-0.39, 0.29) is 5.96 Å². The molecular weight excluding hydrogens is 190 g/mol. The smallest absolute Gasteiger partial charge is 0.215 e. The van der Waals surface area contributed by atoms with Gasteiger partial charge in [-0.2, -0.15) is 0 Å². The SMILES string of the molecule is NC1=N[C@@H]([C@H](O)[C@@H](O)[C@H](O)CO)C=N1. The minimum atomic E-state index is -1.48. The van der Waals surface area contributed by atoms with Crippen molar-refractivity contribution in [3.63, 3.8) is 0 Å². The lowest BCUT2D eigenvalue weighted by molar-refractivity contribution is -0.0767. The van der Waals surface area contributed by atoms with Crippen molar-refractivity contribution in [3.8, 4) is 0 Å². The predicted molar refractivity (Wildman–Crippen MR) is 49.0 cm³/mol. The lowest BCUT2D eigenvalue weighted by Crippen LogP contribution is -2.45. The van der Waals surface area contributed by atoms with Gasteiger partial charge in [-0.1, -0.05) is 0 Å². The summed E-state index contributed by atoms with van der Waals surface area (Å²) in [5.74, 6) is 0.0136. The molecule has 1 heterocycles. The fourth-order valence-electron chi connectivity index (χ4n) is 1.07. The van der Waals surface area contributed by atoms with Gasteiger partial charge in [-0.25, -0.2) is 9.98 Å². The number of hydrogen-bond donors (Lipinski definition) is 5. The first-order valence-corrected chi connectivity index (χ1v) is 4.08. The van der Waals surface area contributed by atoms with Crippen LogP contribution in [0.1, 0.15) is 0 Å². The summed E-state index contributed by atoms with van der Waals surface area (Å²) in [6.07, 6.45) is -2.95. The number of aliphatic imine (C=N–C) groups is 2. The zero-order chi connectivity index (χ0) is 10.7. The Morgan fingerprint density at radius 3 is 2.50 bits per heavy atom. The van der Waals surface area contributed by atoms with Crippen molar-refractivity contribution < 1.29 is 20.4 Å². The third-order valence-corrected chi connectivity index (χ3v) is 1.92. The molecule has 0 radical (unpaired) electrons. The summed E-state index contributed by atoms with van der Waals surface area (Å²) >= 11 is 0. The topological polar surface area (TPSA) is 132 Å². The Morgan fingerprint density at radius 1 is 1.43 bits per heavy atom. The number of aliphatic hydroxyl groups excluding tert-OH is 4. The minimum Gasteiger partial charge on any atom is -0.394 e. The van der Waals surface area contributed by atoms with Gasteiger partial charge in [-0.3, -0.25) is 0 Å². The third-order valence-electron chi connectivity index (χ3n) is 1.92. The summed E-state index contributed by atoms with van der Waals surface area (Å²) in [5.41, 5.74) is 5.22. The molecule has 0 saturated heterocycles. The lowest BCUT2D eigenvalue weighted by atomic mass is 10.0. The van der Waals surface area contributed by atoms with Gasteiger partial charge in [0.2, 0.25) is 5.96 Å². The second-order valence-corrected chi connectivity index (χ2v) is 2.99. The molecule has 0 fully saturated rings. The summed E-state index contributed by atoms with van der Waals surface area (Å²) in [6, 6.07) is -0.772. The number of nitrogens with zero attached hydrogens (tertiary/aromatic N) is 2. The number of hydrogen-bond acceptors (Lipinski definition) is 7. The molecular formula is C7H13N3O4. The van der Waals surface area contributed by atoms with Crippen molar-refractivity contribution in [2.75, 3.05) is 6.61 Å². The van der Waals surface area contributed by atoms with Gasteiger partial charge in [-0.05, 0) is 0 Å². The van der Waals surface area contributed by atoms with Crippen molar-refractivity contribution in [2.45, 2.75) is 24.4 Å². The highest BCUT2D eigenvalue weighted by atomic mass is 16.4. The van der Waals surface area contributed by atoms with Crippen LogP contribution in [0.2, 0.25) is 0 Å². The van der Waals surface area contributed by atoms with Crippen molar-refractivity contribution in [2.24, 2.45) is 15.7 Å². The second kappa shape index (κ2) is 4.47. The third kappa shape index (κ3) is 2.26. The van der Waals surface area contributed by atoms with Gasteiger partial charge in [-0.15, -0.1) is 0 Å². The highest BCUT2D eigenvalue weighted by molar-refractivity contribution is 5.93. The Balaban J connectivity index is 2.57. The second-order valence-electron chi connectivity index (χ2n) is 2.99. The molecule has 6 N–H and O–H groups in total. The maximum absolute atomic E-state index is 9.46. The van der Waals surface area contributed by atoms with E-state index < -0.39 is 31.0 Å². The van der Waals surface area contributed by atoms with Crippen LogP contribution in [0.25, 0.3) is 0 Å². The normalized spacial score (nSPS) is 27.1. The molecule has 0 amide bonds. The van der Waals surface area contributed by atoms with E-state index in [1.807, 2.05) is 0 Å². The molecule has 0 aromatic heterocycles. The molecule has 1 aliphatic heterocycles. The Kier molecular flexibility index (Phi) is 3.53. The predicted octanol–water partition coefficient (Wildman–Crippen LogP) is -3.17. The summed E-state index contributed by atoms with van der Waals surface area (Å²) in [6.45, 7) is -0.638. The van der Waals surface area contributed by atoms with Gasteiger partial charge in [0.1, 0.15) is 24.4 Å². The van der Waals surface area contributed by atoms with E-state index in [1.165, 1.54) is 6.21 Å². The Bertz CT molecular complexity index is 255. The standard InChI is InChI=1S/C7H13N3O4/c8-7-9-1-3(10-7)5(13)6(14)4(12)2-11/h1,3-6,11-14H,2H2,(H2,8,10)/t3-,4-,5+,6+/m1/s1. The average Bonchev–Trinajstić information content (AvgIpc) is 2.61. The van der Waals surface area contributed by atoms with E-state index >= 15 is 0 Å². The first kappa shape index (κ1) is 11.1. The van der Waals surface area contributed by atoms with Crippen molar-refractivity contribution in [1.29, 1.82) is 0 Å². The highest BCUT2D eigenvalue weighted by Gasteiger charge is 2.31. The van der Waals surface area contributed by atoms with Crippen LogP contribution in [0.15, 0.2) is 9.98 Å². The van der Waals surface area contributed by atoms with Crippen LogP contribution >= 0.6 is 0 Å². The van der Waals surface area contributed by atoms with Crippen molar-refractivity contribution >= 4 is 12.2 Å². The first-order chi connectivity index (χ1) is 6.56. The maximum Gasteiger partial charge on any atom is 0.215 e. The Hall–Kier alpha value is -1.02. The van der Waals surface area contributed by atoms with E-state index in [2.05, 4.69) is 9.98 Å². The largest absolute Gasteiger partial charge is 0.394 e. The van der Waals surface area contributed by atoms with Crippen LogP contribution in [0.3, 0.4) is 0 Å². The van der Waals surface area contributed by atoms with E-state index in [1.54, 1.807) is 0 Å². The van der Waals surface area contributed by atoms with Crippen LogP contribution in [0.5, 0.6) is 0 Å². The van der Waals surface area contributed by atoms with Crippen LogP contribution < -0.4 is 5.73 Å². The number of nitrogens with two attached hydrogens (primary N) is 1. The molecule has 0 saturated carbocycles. The highest BCUT2D eigenvalue weighted by Crippen LogP contribution is 2.09. The van der Waals surface area contributed by atoms with E-state index in [4.69, 9.17) is 15.9 Å². The molecule has 7 heteroatoms. The van der Waals surface area contributed by atoms with Gasteiger partial charge < -0.3 is 26.2 Å². The van der Waals surface area contributed by atoms with Gasteiger partial charge in [0, 0.05) is 6.21 Å². The molecule has 4 atom stereocenters. The van der Waals surface area contributed by atoms with Crippen LogP contribution in [-0.2, 0) is 0 Å². The summed E-state index contributed by atoms with van der Waals surface area (Å²) < 4.78 is 0. The summed E-state index contributed by atoms with van der Waals surface area (Å²) in [7, 11) is 0. The Morgan fingerprint density at radius 2 is 2.07 bits per heavy atom. The quantitative estimate of drug-likeness (QED) is 0.329. The van der Waals surface area contributed by atoms with Crippen LogP contribution in [-0.4, -0.2) is 63.6 Å². The van der Waals surface area contributed by atoms with E-state index in [9.17, 15) is 10.2 Å². The summed E-state index contributed by atoms with van der Waals surface area (Å²) in [4.78, 5) is 7.29. The molecule has 0 spiro atoms. The number of guanidine groups is 1. The van der Waals surface area contributed by atoms with E-state index in [0.29, 0.717) is 0 Å². The van der Waals surface area contributed by atoms with Gasteiger partial charge in [0.05, 0.1) is 6.61 Å². The zero-order valence-electron chi connectivity index (χ0n) is 7.35. The first-order valence-electron chi connectivity index (χ1n) is 4.08. The molecule has 0 aliphatic carbocycles. The molecule has 0 aromatic rings. The van der Waals surface area contributed by atoms with Gasteiger partial charge >= 0.3 is 0 Å². The molecule has 7 nitrogen and oxygen atoms in total. The number of aliphatic hydroxyl groups is 4. The Labute approximate surface area is 80.2 Å².